The van der Waals surface area contributed by atoms with Crippen LogP contribution >= 0.6 is 15.9 Å². The number of piperidine rings is 2. The molecular weight excluding hydrogens is 892 g/mol. The van der Waals surface area contributed by atoms with Crippen LogP contribution in [0.4, 0.5) is 0 Å². The van der Waals surface area contributed by atoms with Crippen LogP contribution in [0.3, 0.4) is 0 Å². The first-order chi connectivity index (χ1) is 30.6. The Morgan fingerprint density at radius 3 is 1.48 bits per heavy atom. The molecule has 356 valence electrons. The summed E-state index contributed by atoms with van der Waals surface area (Å²) in [6.07, 6.45) is 7.54. The predicted molar refractivity (Wildman–Crippen MR) is 255 cm³/mol. The highest BCUT2D eigenvalue weighted by atomic mass is 79.9. The van der Waals surface area contributed by atoms with Crippen molar-refractivity contribution in [3.8, 4) is 23.0 Å². The lowest BCUT2D eigenvalue weighted by molar-refractivity contribution is -0.0885. The molecule has 2 fully saturated rings. The van der Waals surface area contributed by atoms with Crippen LogP contribution in [0.15, 0.2) is 48.8 Å². The summed E-state index contributed by atoms with van der Waals surface area (Å²) in [5.74, 6) is 3.19. The number of rotatable bonds is 8. The summed E-state index contributed by atoms with van der Waals surface area (Å²) in [5.41, 5.74) is 4.05. The SMILES string of the molecule is CC(C)Br.Cc1cc(C(=O)N2CCC3(CC2)CC(O)c2nn(C)cc2O3)ccc1OC(C)C.Cc1cc(C(=O)N2CCC3(CC2)CC(OC(C)C)c2nn(C)cc2O3)ccc1OC(C)C. The van der Waals surface area contributed by atoms with Crippen molar-refractivity contribution in [2.75, 3.05) is 26.2 Å². The van der Waals surface area contributed by atoms with Gasteiger partial charge in [0.25, 0.3) is 11.8 Å². The Labute approximate surface area is 394 Å². The number of carbonyl (C=O) groups is 2. The largest absolute Gasteiger partial charge is 0.491 e. The van der Waals surface area contributed by atoms with E-state index in [1.165, 1.54) is 0 Å². The van der Waals surface area contributed by atoms with E-state index in [0.717, 1.165) is 53.3 Å². The summed E-state index contributed by atoms with van der Waals surface area (Å²) in [7, 11) is 3.73. The minimum Gasteiger partial charge on any atom is -0.491 e. The molecule has 0 aliphatic carbocycles. The number of halogens is 1. The molecule has 4 aliphatic rings. The van der Waals surface area contributed by atoms with Crippen LogP contribution in [0.5, 0.6) is 23.0 Å². The van der Waals surface area contributed by atoms with E-state index < -0.39 is 11.7 Å². The number of benzene rings is 2. The molecule has 2 aromatic carbocycles. The average molecular weight is 964 g/mol. The highest BCUT2D eigenvalue weighted by Gasteiger charge is 2.47. The smallest absolute Gasteiger partial charge is 0.253 e. The summed E-state index contributed by atoms with van der Waals surface area (Å²) in [6.45, 7) is 22.7. The highest BCUT2D eigenvalue weighted by molar-refractivity contribution is 9.09. The summed E-state index contributed by atoms with van der Waals surface area (Å²) in [4.78, 5) is 30.6. The summed E-state index contributed by atoms with van der Waals surface area (Å²) in [6, 6.07) is 11.3. The van der Waals surface area contributed by atoms with Crippen LogP contribution in [0.1, 0.15) is 149 Å². The van der Waals surface area contributed by atoms with Crippen molar-refractivity contribution < 1.29 is 38.4 Å². The second-order valence-corrected chi connectivity index (χ2v) is 21.0. The van der Waals surface area contributed by atoms with Gasteiger partial charge in [0.1, 0.15) is 46.3 Å². The molecule has 0 saturated carbocycles. The molecule has 6 heterocycles. The van der Waals surface area contributed by atoms with Crippen molar-refractivity contribution in [2.24, 2.45) is 14.1 Å². The van der Waals surface area contributed by atoms with Crippen molar-refractivity contribution >= 4 is 27.7 Å². The van der Waals surface area contributed by atoms with E-state index in [0.29, 0.717) is 72.8 Å². The molecule has 2 aromatic heterocycles. The van der Waals surface area contributed by atoms with Crippen LogP contribution in [0.2, 0.25) is 0 Å². The number of alkyl halides is 1. The maximum Gasteiger partial charge on any atom is 0.253 e. The molecule has 2 atom stereocenters. The molecule has 0 bridgehead atoms. The van der Waals surface area contributed by atoms with Gasteiger partial charge >= 0.3 is 0 Å². The van der Waals surface area contributed by atoms with Gasteiger partial charge in [-0.2, -0.15) is 10.2 Å². The van der Waals surface area contributed by atoms with Crippen molar-refractivity contribution in [1.29, 1.82) is 0 Å². The molecule has 2 saturated heterocycles. The topological polar surface area (TPSA) is 143 Å². The molecule has 65 heavy (non-hydrogen) atoms. The fourth-order valence-corrected chi connectivity index (χ4v) is 9.00. The zero-order valence-electron chi connectivity index (χ0n) is 40.5. The number of carbonyl (C=O) groups excluding carboxylic acids is 2. The zero-order chi connectivity index (χ0) is 47.4. The lowest BCUT2D eigenvalue weighted by Gasteiger charge is -2.45. The Morgan fingerprint density at radius 2 is 1.08 bits per heavy atom. The molecule has 0 radical (unpaired) electrons. The third-order valence-corrected chi connectivity index (χ3v) is 12.0. The van der Waals surface area contributed by atoms with E-state index in [1.54, 1.807) is 15.6 Å². The fourth-order valence-electron chi connectivity index (χ4n) is 9.00. The molecular formula is C50H71BrN6O8. The number of hydrogen-bond acceptors (Lipinski definition) is 10. The lowest BCUT2D eigenvalue weighted by Crippen LogP contribution is -2.52. The quantitative estimate of drug-likeness (QED) is 0.170. The van der Waals surface area contributed by atoms with E-state index in [-0.39, 0.29) is 41.8 Å². The highest BCUT2D eigenvalue weighted by Crippen LogP contribution is 2.46. The number of aliphatic hydroxyl groups is 1. The van der Waals surface area contributed by atoms with Crippen LogP contribution < -0.4 is 18.9 Å². The van der Waals surface area contributed by atoms with Gasteiger partial charge in [-0.1, -0.05) is 29.8 Å². The van der Waals surface area contributed by atoms with Gasteiger partial charge in [0.2, 0.25) is 0 Å². The van der Waals surface area contributed by atoms with Crippen LogP contribution in [-0.4, -0.2) is 107 Å². The number of aromatic nitrogens is 4. The second-order valence-electron chi connectivity index (χ2n) is 19.2. The summed E-state index contributed by atoms with van der Waals surface area (Å²) >= 11 is 3.27. The Kier molecular flexibility index (Phi) is 16.0. The Bertz CT molecular complexity index is 2250. The molecule has 14 nitrogen and oxygen atoms in total. The van der Waals surface area contributed by atoms with Gasteiger partial charge in [-0.25, -0.2) is 0 Å². The molecule has 4 aliphatic heterocycles. The van der Waals surface area contributed by atoms with Crippen LogP contribution in [0.25, 0.3) is 0 Å². The first-order valence-corrected chi connectivity index (χ1v) is 24.1. The van der Waals surface area contributed by atoms with E-state index in [2.05, 4.69) is 40.0 Å². The van der Waals surface area contributed by atoms with Gasteiger partial charge < -0.3 is 38.6 Å². The van der Waals surface area contributed by atoms with E-state index in [4.69, 9.17) is 23.7 Å². The fraction of sp³-hybridized carbons (Fsp3) is 0.600. The van der Waals surface area contributed by atoms with Crippen molar-refractivity contribution in [3.63, 3.8) is 0 Å². The third kappa shape index (κ3) is 12.4. The molecule has 15 heteroatoms. The van der Waals surface area contributed by atoms with Gasteiger partial charge in [0, 0.05) is 94.8 Å². The minimum absolute atomic E-state index is 0.0254. The first-order valence-electron chi connectivity index (χ1n) is 23.2. The number of nitrogens with zero attached hydrogens (tertiary/aromatic N) is 6. The number of likely N-dealkylation sites (tertiary alicyclic amines) is 2. The van der Waals surface area contributed by atoms with Crippen LogP contribution in [0, 0.1) is 13.8 Å². The lowest BCUT2D eigenvalue weighted by atomic mass is 9.83. The van der Waals surface area contributed by atoms with Gasteiger partial charge in [-0.15, -0.1) is 0 Å². The number of aliphatic hydroxyl groups excluding tert-OH is 1. The maximum absolute atomic E-state index is 13.2. The van der Waals surface area contributed by atoms with Crippen molar-refractivity contribution in [1.82, 2.24) is 29.4 Å². The monoisotopic (exact) mass is 962 g/mol. The number of hydrogen-bond donors (Lipinski definition) is 1. The van der Waals surface area contributed by atoms with Crippen LogP contribution in [-0.2, 0) is 18.8 Å². The molecule has 1 N–H and O–H groups in total. The minimum atomic E-state index is -0.627. The number of fused-ring (bicyclic) bond motifs is 2. The van der Waals surface area contributed by atoms with E-state index in [1.807, 2.05) is 122 Å². The number of amides is 2. The summed E-state index contributed by atoms with van der Waals surface area (Å²) < 4.78 is 34.0. The average Bonchev–Trinajstić information content (AvgIpc) is 3.79. The van der Waals surface area contributed by atoms with Gasteiger partial charge in [0.15, 0.2) is 11.5 Å². The van der Waals surface area contributed by atoms with Gasteiger partial charge in [-0.05, 0) is 103 Å². The Morgan fingerprint density at radius 1 is 0.677 bits per heavy atom. The summed E-state index contributed by atoms with van der Waals surface area (Å²) in [5, 5.41) is 19.4. The molecule has 2 spiro atoms. The normalized spacial score (nSPS) is 19.5. The second kappa shape index (κ2) is 20.9. The maximum atomic E-state index is 13.2. The van der Waals surface area contributed by atoms with E-state index >= 15 is 0 Å². The molecule has 2 unspecified atom stereocenters. The zero-order valence-corrected chi connectivity index (χ0v) is 42.1. The Hall–Kier alpha value is -4.60. The Balaban J connectivity index is 0.000000200. The number of ether oxygens (including phenoxy) is 5. The molecule has 2 amide bonds. The van der Waals surface area contributed by atoms with Gasteiger partial charge in [-0.3, -0.25) is 19.0 Å². The molecule has 4 aromatic rings. The van der Waals surface area contributed by atoms with E-state index in [9.17, 15) is 14.7 Å². The third-order valence-electron chi connectivity index (χ3n) is 12.0. The predicted octanol–water partition coefficient (Wildman–Crippen LogP) is 9.24. The number of aryl methyl sites for hydroxylation is 4. The van der Waals surface area contributed by atoms with Crippen molar-refractivity contribution in [3.05, 3.63) is 82.4 Å². The van der Waals surface area contributed by atoms with Gasteiger partial charge in [0.05, 0.1) is 30.7 Å². The standard InChI is InChI=1S/C25H35N3O4.C22H29N3O4.C3H7Br/c1-16(2)30-20-8-7-19(13-18(20)5)24(29)28-11-9-25(10-12-28)14-21(31-17(3)4)23-22(32-25)15-27(6)26-23;1-14(2)28-18-6-5-16(11-15(18)3)21(27)25-9-7-22(8-10-25)12-17(26)20-19(29-22)13-24(4)23-20;1-3(2)4/h7-8,13,15-17,21H,9-12,14H2,1-6H3;5-6,11,13-14,17,26H,7-10,12H2,1-4H3;3H,1-2H3. The molecule has 8 rings (SSSR count). The van der Waals surface area contributed by atoms with Crippen molar-refractivity contribution in [2.45, 2.75) is 154 Å². The first kappa shape index (κ1) is 49.8.